The molecule has 4 heteroatoms. The molecule has 17 heavy (non-hydrogen) atoms. The van der Waals surface area contributed by atoms with Gasteiger partial charge in [-0.2, -0.15) is 0 Å². The van der Waals surface area contributed by atoms with E-state index >= 15 is 0 Å². The molecule has 0 bridgehead atoms. The Morgan fingerprint density at radius 3 is 2.47 bits per heavy atom. The molecule has 0 spiro atoms. The van der Waals surface area contributed by atoms with Crippen molar-refractivity contribution in [3.8, 4) is 17.2 Å². The van der Waals surface area contributed by atoms with Crippen molar-refractivity contribution in [2.75, 3.05) is 12.8 Å². The molecule has 1 heterocycles. The highest BCUT2D eigenvalue weighted by Crippen LogP contribution is 2.27. The fraction of sp³-hybridized carbons (Fsp3) is 0.154. The van der Waals surface area contributed by atoms with Gasteiger partial charge >= 0.3 is 0 Å². The highest BCUT2D eigenvalue weighted by Gasteiger charge is 2.02. The summed E-state index contributed by atoms with van der Waals surface area (Å²) >= 11 is 0. The molecule has 0 unspecified atom stereocenters. The second-order valence-electron chi connectivity index (χ2n) is 3.68. The van der Waals surface area contributed by atoms with Crippen molar-refractivity contribution in [1.29, 1.82) is 0 Å². The maximum atomic E-state index is 5.74. The van der Waals surface area contributed by atoms with Crippen LogP contribution in [-0.4, -0.2) is 12.1 Å². The van der Waals surface area contributed by atoms with E-state index in [1.807, 2.05) is 19.1 Å². The van der Waals surface area contributed by atoms with E-state index in [1.54, 1.807) is 31.5 Å². The Bertz CT molecular complexity index is 509. The molecule has 0 aliphatic carbocycles. The number of benzene rings is 1. The molecule has 2 rings (SSSR count). The monoisotopic (exact) mass is 230 g/mol. The molecule has 1 aromatic heterocycles. The molecule has 0 amide bonds. The van der Waals surface area contributed by atoms with E-state index in [1.165, 1.54) is 0 Å². The van der Waals surface area contributed by atoms with Gasteiger partial charge in [0, 0.05) is 29.6 Å². The number of methoxy groups -OCH3 is 1. The Balaban J connectivity index is 2.23. The van der Waals surface area contributed by atoms with Crippen LogP contribution < -0.4 is 15.2 Å². The van der Waals surface area contributed by atoms with Crippen LogP contribution >= 0.6 is 0 Å². The Morgan fingerprint density at radius 2 is 1.82 bits per heavy atom. The Hall–Kier alpha value is -2.23. The van der Waals surface area contributed by atoms with Gasteiger partial charge in [0.05, 0.1) is 13.3 Å². The number of anilines is 1. The molecule has 1 aromatic carbocycles. The maximum Gasteiger partial charge on any atom is 0.145 e. The van der Waals surface area contributed by atoms with Crippen molar-refractivity contribution >= 4 is 5.69 Å². The zero-order valence-electron chi connectivity index (χ0n) is 9.81. The molecular formula is C13H14N2O2. The summed E-state index contributed by atoms with van der Waals surface area (Å²) in [4.78, 5) is 4.15. The van der Waals surface area contributed by atoms with E-state index in [0.717, 1.165) is 5.69 Å². The van der Waals surface area contributed by atoms with Crippen LogP contribution in [0.1, 0.15) is 5.69 Å². The van der Waals surface area contributed by atoms with Crippen LogP contribution in [0.2, 0.25) is 0 Å². The van der Waals surface area contributed by atoms with Crippen LogP contribution in [0.3, 0.4) is 0 Å². The second-order valence-corrected chi connectivity index (χ2v) is 3.68. The molecule has 0 aliphatic heterocycles. The summed E-state index contributed by atoms with van der Waals surface area (Å²) in [5, 5.41) is 0. The van der Waals surface area contributed by atoms with Crippen molar-refractivity contribution < 1.29 is 9.47 Å². The minimum atomic E-state index is 0.597. The lowest BCUT2D eigenvalue weighted by Gasteiger charge is -2.08. The first-order valence-electron chi connectivity index (χ1n) is 5.22. The van der Waals surface area contributed by atoms with E-state index in [2.05, 4.69) is 4.98 Å². The molecule has 2 N–H and O–H groups in total. The highest BCUT2D eigenvalue weighted by molar-refractivity contribution is 5.51. The lowest BCUT2D eigenvalue weighted by Crippen LogP contribution is -1.92. The van der Waals surface area contributed by atoms with E-state index in [0.29, 0.717) is 22.9 Å². The minimum Gasteiger partial charge on any atom is -0.497 e. The first-order chi connectivity index (χ1) is 8.17. The molecular weight excluding hydrogens is 216 g/mol. The van der Waals surface area contributed by atoms with Crippen LogP contribution in [0.5, 0.6) is 17.2 Å². The number of pyridine rings is 1. The van der Waals surface area contributed by atoms with Crippen molar-refractivity contribution in [1.82, 2.24) is 4.98 Å². The third kappa shape index (κ3) is 2.87. The summed E-state index contributed by atoms with van der Waals surface area (Å²) < 4.78 is 10.8. The van der Waals surface area contributed by atoms with Gasteiger partial charge in [0.15, 0.2) is 0 Å². The Labute approximate surface area is 100 Å². The van der Waals surface area contributed by atoms with Crippen LogP contribution in [-0.2, 0) is 0 Å². The molecule has 0 fully saturated rings. The normalized spacial score (nSPS) is 10.0. The fourth-order valence-corrected chi connectivity index (χ4v) is 1.42. The second kappa shape index (κ2) is 4.74. The third-order valence-electron chi connectivity index (χ3n) is 2.26. The van der Waals surface area contributed by atoms with Crippen LogP contribution in [0, 0.1) is 6.92 Å². The fourth-order valence-electron chi connectivity index (χ4n) is 1.42. The number of nitrogens with two attached hydrogens (primary N) is 1. The SMILES string of the molecule is COc1cc(N)cc(Oc2ccc(C)nc2)c1. The summed E-state index contributed by atoms with van der Waals surface area (Å²) in [6, 6.07) is 9.00. The smallest absolute Gasteiger partial charge is 0.145 e. The Kier molecular flexibility index (Phi) is 3.14. The topological polar surface area (TPSA) is 57.4 Å². The molecule has 0 saturated heterocycles. The van der Waals surface area contributed by atoms with Gasteiger partial charge in [0.2, 0.25) is 0 Å². The molecule has 2 aromatic rings. The summed E-state index contributed by atoms with van der Waals surface area (Å²) in [6.07, 6.45) is 1.67. The van der Waals surface area contributed by atoms with Gasteiger partial charge in [-0.1, -0.05) is 0 Å². The van der Waals surface area contributed by atoms with Gasteiger partial charge in [-0.25, -0.2) is 0 Å². The van der Waals surface area contributed by atoms with Crippen molar-refractivity contribution in [2.45, 2.75) is 6.92 Å². The number of nitrogen functional groups attached to an aromatic ring is 1. The molecule has 0 atom stereocenters. The number of aromatic nitrogens is 1. The Morgan fingerprint density at radius 1 is 1.06 bits per heavy atom. The number of nitrogens with zero attached hydrogens (tertiary/aromatic N) is 1. The highest BCUT2D eigenvalue weighted by atomic mass is 16.5. The van der Waals surface area contributed by atoms with E-state index in [-0.39, 0.29) is 0 Å². The summed E-state index contributed by atoms with van der Waals surface area (Å²) in [7, 11) is 1.59. The number of rotatable bonds is 3. The van der Waals surface area contributed by atoms with Gasteiger partial charge < -0.3 is 15.2 Å². The zero-order chi connectivity index (χ0) is 12.3. The zero-order valence-corrected chi connectivity index (χ0v) is 9.81. The number of aryl methyl sites for hydroxylation is 1. The predicted octanol–water partition coefficient (Wildman–Crippen LogP) is 2.77. The number of hydrogen-bond donors (Lipinski definition) is 1. The first kappa shape index (κ1) is 11.3. The number of hydrogen-bond acceptors (Lipinski definition) is 4. The third-order valence-corrected chi connectivity index (χ3v) is 2.26. The minimum absolute atomic E-state index is 0.597. The molecule has 0 saturated carbocycles. The number of ether oxygens (including phenoxy) is 2. The van der Waals surface area contributed by atoms with Gasteiger partial charge in [-0.3, -0.25) is 4.98 Å². The molecule has 0 radical (unpaired) electrons. The summed E-state index contributed by atoms with van der Waals surface area (Å²) in [5.41, 5.74) is 7.28. The molecule has 4 nitrogen and oxygen atoms in total. The largest absolute Gasteiger partial charge is 0.497 e. The summed E-state index contributed by atoms with van der Waals surface area (Å²) in [6.45, 7) is 1.92. The van der Waals surface area contributed by atoms with Gasteiger partial charge in [-0.15, -0.1) is 0 Å². The van der Waals surface area contributed by atoms with Gasteiger partial charge in [0.25, 0.3) is 0 Å². The average Bonchev–Trinajstić information content (AvgIpc) is 2.31. The lowest BCUT2D eigenvalue weighted by molar-refractivity contribution is 0.409. The van der Waals surface area contributed by atoms with Crippen LogP contribution in [0.15, 0.2) is 36.5 Å². The maximum absolute atomic E-state index is 5.74. The van der Waals surface area contributed by atoms with Crippen molar-refractivity contribution in [3.63, 3.8) is 0 Å². The predicted molar refractivity (Wildman–Crippen MR) is 66.5 cm³/mol. The summed E-state index contributed by atoms with van der Waals surface area (Å²) in [5.74, 6) is 1.97. The van der Waals surface area contributed by atoms with Crippen LogP contribution in [0.25, 0.3) is 0 Å². The molecule has 88 valence electrons. The quantitative estimate of drug-likeness (QED) is 0.824. The van der Waals surface area contributed by atoms with Gasteiger partial charge in [-0.05, 0) is 19.1 Å². The first-order valence-corrected chi connectivity index (χ1v) is 5.22. The van der Waals surface area contributed by atoms with Crippen molar-refractivity contribution in [3.05, 3.63) is 42.2 Å². The van der Waals surface area contributed by atoms with Crippen molar-refractivity contribution in [2.24, 2.45) is 0 Å². The van der Waals surface area contributed by atoms with E-state index in [4.69, 9.17) is 15.2 Å². The van der Waals surface area contributed by atoms with Crippen LogP contribution in [0.4, 0.5) is 5.69 Å². The van der Waals surface area contributed by atoms with E-state index < -0.39 is 0 Å². The average molecular weight is 230 g/mol. The lowest BCUT2D eigenvalue weighted by atomic mass is 10.3. The molecule has 0 aliphatic rings. The van der Waals surface area contributed by atoms with E-state index in [9.17, 15) is 0 Å². The van der Waals surface area contributed by atoms with Gasteiger partial charge in [0.1, 0.15) is 17.2 Å². The standard InChI is InChI=1S/C13H14N2O2/c1-9-3-4-11(8-15-9)17-13-6-10(14)5-12(7-13)16-2/h3-8H,14H2,1-2H3.